The van der Waals surface area contributed by atoms with Crippen molar-refractivity contribution in [2.24, 2.45) is 0 Å². The van der Waals surface area contributed by atoms with Crippen LogP contribution in [0.5, 0.6) is 5.75 Å². The topological polar surface area (TPSA) is 105 Å². The Hall–Kier alpha value is -4.13. The molecular formula is C29H32N2O5. The molecule has 0 bridgehead atoms. The number of carbonyl (C=O) groups excluding carboxylic acids is 2. The van der Waals surface area contributed by atoms with Crippen molar-refractivity contribution in [3.8, 4) is 16.9 Å². The zero-order valence-corrected chi connectivity index (χ0v) is 20.8. The summed E-state index contributed by atoms with van der Waals surface area (Å²) in [5.74, 6) is -1.16. The third-order valence-corrected chi connectivity index (χ3v) is 5.77. The van der Waals surface area contributed by atoms with Gasteiger partial charge in [-0.2, -0.15) is 0 Å². The molecule has 7 nitrogen and oxygen atoms in total. The van der Waals surface area contributed by atoms with Crippen LogP contribution < -0.4 is 15.4 Å². The van der Waals surface area contributed by atoms with Crippen molar-refractivity contribution in [2.45, 2.75) is 44.7 Å². The van der Waals surface area contributed by atoms with Gasteiger partial charge in [0.2, 0.25) is 5.91 Å². The molecule has 0 aliphatic rings. The minimum absolute atomic E-state index is 0.0176. The fraction of sp³-hybridized carbons (Fsp3) is 0.276. The van der Waals surface area contributed by atoms with Gasteiger partial charge >= 0.3 is 5.97 Å². The summed E-state index contributed by atoms with van der Waals surface area (Å²) in [5.41, 5.74) is 2.69. The Morgan fingerprint density at radius 2 is 1.61 bits per heavy atom. The van der Waals surface area contributed by atoms with E-state index in [1.807, 2.05) is 80.6 Å². The SMILES string of the molecule is COc1cccc(-c2ccc(C(=O)N[C@@H](CCC(=O)O)C(=O)NC(C)(C)Cc3ccccc3)cc2)c1. The van der Waals surface area contributed by atoms with E-state index < -0.39 is 29.4 Å². The van der Waals surface area contributed by atoms with Crippen LogP contribution in [-0.4, -0.2) is 41.6 Å². The molecular weight excluding hydrogens is 456 g/mol. The molecule has 0 aliphatic carbocycles. The molecule has 0 radical (unpaired) electrons. The fourth-order valence-electron chi connectivity index (χ4n) is 3.97. The molecule has 0 spiro atoms. The van der Waals surface area contributed by atoms with Crippen molar-refractivity contribution in [3.63, 3.8) is 0 Å². The molecule has 3 aromatic rings. The van der Waals surface area contributed by atoms with Gasteiger partial charge in [-0.15, -0.1) is 0 Å². The lowest BCUT2D eigenvalue weighted by atomic mass is 9.94. The molecule has 2 amide bonds. The maximum Gasteiger partial charge on any atom is 0.303 e. The van der Waals surface area contributed by atoms with E-state index in [0.29, 0.717) is 12.0 Å². The van der Waals surface area contributed by atoms with Crippen LogP contribution in [0.15, 0.2) is 78.9 Å². The molecule has 3 N–H and O–H groups in total. The van der Waals surface area contributed by atoms with Crippen molar-refractivity contribution in [2.75, 3.05) is 7.11 Å². The van der Waals surface area contributed by atoms with Gasteiger partial charge in [-0.1, -0.05) is 54.6 Å². The average molecular weight is 489 g/mol. The highest BCUT2D eigenvalue weighted by molar-refractivity contribution is 5.98. The number of hydrogen-bond acceptors (Lipinski definition) is 4. The number of rotatable bonds is 11. The standard InChI is InChI=1S/C29H32N2O5/c1-29(2,19-20-8-5-4-6-9-20)31-28(35)25(16-17-26(32)33)30-27(34)22-14-12-21(13-15-22)23-10-7-11-24(18-23)36-3/h4-15,18,25H,16-17,19H2,1-3H3,(H,30,34)(H,31,35)(H,32,33)/t25-/m0/s1. The van der Waals surface area contributed by atoms with Crippen molar-refractivity contribution in [3.05, 3.63) is 90.0 Å². The number of aliphatic carboxylic acids is 1. The summed E-state index contributed by atoms with van der Waals surface area (Å²) < 4.78 is 5.27. The summed E-state index contributed by atoms with van der Waals surface area (Å²) in [6, 6.07) is 23.3. The van der Waals surface area contributed by atoms with Crippen LogP contribution in [0.25, 0.3) is 11.1 Å². The van der Waals surface area contributed by atoms with Crippen LogP contribution in [0.1, 0.15) is 42.6 Å². The van der Waals surface area contributed by atoms with Gasteiger partial charge in [0.25, 0.3) is 5.91 Å². The highest BCUT2D eigenvalue weighted by Gasteiger charge is 2.28. The first kappa shape index (κ1) is 26.5. The number of methoxy groups -OCH3 is 1. The van der Waals surface area contributed by atoms with Crippen molar-refractivity contribution in [1.82, 2.24) is 10.6 Å². The van der Waals surface area contributed by atoms with Crippen LogP contribution in [-0.2, 0) is 16.0 Å². The Balaban J connectivity index is 1.70. The summed E-state index contributed by atoms with van der Waals surface area (Å²) in [6.07, 6.45) is 0.327. The van der Waals surface area contributed by atoms with E-state index >= 15 is 0 Å². The molecule has 0 unspecified atom stereocenters. The lowest BCUT2D eigenvalue weighted by Gasteiger charge is -2.29. The van der Waals surface area contributed by atoms with Crippen molar-refractivity contribution < 1.29 is 24.2 Å². The van der Waals surface area contributed by atoms with Crippen molar-refractivity contribution >= 4 is 17.8 Å². The highest BCUT2D eigenvalue weighted by atomic mass is 16.5. The second-order valence-corrected chi connectivity index (χ2v) is 9.30. The van der Waals surface area contributed by atoms with E-state index in [0.717, 1.165) is 22.4 Å². The van der Waals surface area contributed by atoms with E-state index in [4.69, 9.17) is 9.84 Å². The Bertz CT molecular complexity index is 1190. The quantitative estimate of drug-likeness (QED) is 0.370. The Morgan fingerprint density at radius 3 is 2.25 bits per heavy atom. The predicted molar refractivity (Wildman–Crippen MR) is 139 cm³/mol. The summed E-state index contributed by atoms with van der Waals surface area (Å²) in [5, 5.41) is 14.8. The van der Waals surface area contributed by atoms with Gasteiger partial charge in [0.1, 0.15) is 11.8 Å². The molecule has 0 aliphatic heterocycles. The molecule has 0 saturated heterocycles. The molecule has 3 rings (SSSR count). The van der Waals surface area contributed by atoms with Crippen LogP contribution in [0.2, 0.25) is 0 Å². The lowest BCUT2D eigenvalue weighted by molar-refractivity contribution is -0.137. The van der Waals surface area contributed by atoms with E-state index in [-0.39, 0.29) is 12.8 Å². The van der Waals surface area contributed by atoms with Gasteiger partial charge in [-0.05, 0) is 67.6 Å². The number of hydrogen-bond donors (Lipinski definition) is 3. The number of carbonyl (C=O) groups is 3. The van der Waals surface area contributed by atoms with E-state index in [9.17, 15) is 14.4 Å². The Morgan fingerprint density at radius 1 is 0.917 bits per heavy atom. The molecule has 0 saturated carbocycles. The van der Waals surface area contributed by atoms with Crippen LogP contribution in [0.4, 0.5) is 0 Å². The minimum atomic E-state index is -1.03. The monoisotopic (exact) mass is 488 g/mol. The minimum Gasteiger partial charge on any atom is -0.497 e. The van der Waals surface area contributed by atoms with E-state index in [2.05, 4.69) is 10.6 Å². The number of carboxylic acid groups (broad SMARTS) is 1. The first-order valence-electron chi connectivity index (χ1n) is 11.8. The van der Waals surface area contributed by atoms with Gasteiger partial charge < -0.3 is 20.5 Å². The van der Waals surface area contributed by atoms with Crippen molar-refractivity contribution in [1.29, 1.82) is 0 Å². The van der Waals surface area contributed by atoms with E-state index in [1.54, 1.807) is 19.2 Å². The number of ether oxygens (including phenoxy) is 1. The van der Waals surface area contributed by atoms with Gasteiger partial charge in [-0.3, -0.25) is 14.4 Å². The number of benzene rings is 3. The normalized spacial score (nSPS) is 11.9. The predicted octanol–water partition coefficient (Wildman–Crippen LogP) is 4.46. The second-order valence-electron chi connectivity index (χ2n) is 9.30. The van der Waals surface area contributed by atoms with Gasteiger partial charge in [-0.25, -0.2) is 0 Å². The van der Waals surface area contributed by atoms with Crippen LogP contribution in [0.3, 0.4) is 0 Å². The number of nitrogens with one attached hydrogen (secondary N) is 2. The van der Waals surface area contributed by atoms with Crippen LogP contribution >= 0.6 is 0 Å². The number of amides is 2. The molecule has 188 valence electrons. The molecule has 36 heavy (non-hydrogen) atoms. The molecule has 7 heteroatoms. The maximum atomic E-state index is 13.1. The summed E-state index contributed by atoms with van der Waals surface area (Å²) >= 11 is 0. The molecule has 3 aromatic carbocycles. The summed E-state index contributed by atoms with van der Waals surface area (Å²) in [4.78, 5) is 37.2. The first-order chi connectivity index (χ1) is 17.2. The van der Waals surface area contributed by atoms with E-state index in [1.165, 1.54) is 0 Å². The third kappa shape index (κ3) is 7.70. The average Bonchev–Trinajstić information content (AvgIpc) is 2.86. The number of carboxylic acids is 1. The Kier molecular flexibility index (Phi) is 8.84. The lowest BCUT2D eigenvalue weighted by Crippen LogP contribution is -2.54. The van der Waals surface area contributed by atoms with Crippen LogP contribution in [0, 0.1) is 0 Å². The highest BCUT2D eigenvalue weighted by Crippen LogP contribution is 2.24. The summed E-state index contributed by atoms with van der Waals surface area (Å²) in [7, 11) is 1.60. The van der Waals surface area contributed by atoms with Gasteiger partial charge in [0.05, 0.1) is 7.11 Å². The van der Waals surface area contributed by atoms with Gasteiger partial charge in [0, 0.05) is 17.5 Å². The molecule has 0 heterocycles. The molecule has 0 aromatic heterocycles. The largest absolute Gasteiger partial charge is 0.497 e. The third-order valence-electron chi connectivity index (χ3n) is 5.77. The smallest absolute Gasteiger partial charge is 0.303 e. The zero-order valence-electron chi connectivity index (χ0n) is 20.8. The Labute approximate surface area is 211 Å². The van der Waals surface area contributed by atoms with Gasteiger partial charge in [0.15, 0.2) is 0 Å². The fourth-order valence-corrected chi connectivity index (χ4v) is 3.97. The molecule has 1 atom stereocenters. The summed E-state index contributed by atoms with van der Waals surface area (Å²) in [6.45, 7) is 3.79. The second kappa shape index (κ2) is 12.0. The zero-order chi connectivity index (χ0) is 26.1. The maximum absolute atomic E-state index is 13.1. The first-order valence-corrected chi connectivity index (χ1v) is 11.8. The molecule has 0 fully saturated rings.